The predicted molar refractivity (Wildman–Crippen MR) is 79.6 cm³/mol. The Labute approximate surface area is 125 Å². The van der Waals surface area contributed by atoms with E-state index in [9.17, 15) is 13.2 Å². The second kappa shape index (κ2) is 5.64. The Kier molecular flexibility index (Phi) is 4.10. The van der Waals surface area contributed by atoms with Gasteiger partial charge in [-0.05, 0) is 46.3 Å². The maximum absolute atomic E-state index is 12.0. The number of benzene rings is 2. The van der Waals surface area contributed by atoms with Gasteiger partial charge in [0.1, 0.15) is 0 Å². The smallest absolute Gasteiger partial charge is 0.265 e. The number of hydrogen-bond acceptors (Lipinski definition) is 4. The fraction of sp³-hybridized carbons (Fsp3) is 0. The first-order valence-electron chi connectivity index (χ1n) is 5.57. The molecule has 0 aliphatic rings. The number of hydrogen-bond donors (Lipinski definition) is 2. The summed E-state index contributed by atoms with van der Waals surface area (Å²) in [4.78, 5) is 12.0. The van der Waals surface area contributed by atoms with E-state index in [0.29, 0.717) is 10.2 Å². The molecular weight excluding hydrogens is 344 g/mol. The molecule has 0 fully saturated rings. The molecular formula is C13H11BrN2O3S. The molecule has 0 unspecified atom stereocenters. The molecule has 7 heteroatoms. The van der Waals surface area contributed by atoms with Crippen LogP contribution in [0.3, 0.4) is 0 Å². The summed E-state index contributed by atoms with van der Waals surface area (Å²) < 4.78 is 26.5. The van der Waals surface area contributed by atoms with E-state index in [4.69, 9.17) is 5.73 Å². The monoisotopic (exact) mass is 354 g/mol. The van der Waals surface area contributed by atoms with Crippen molar-refractivity contribution in [3.63, 3.8) is 0 Å². The molecule has 3 N–H and O–H groups in total. The molecule has 20 heavy (non-hydrogen) atoms. The lowest BCUT2D eigenvalue weighted by Gasteiger charge is -2.07. The first-order valence-corrected chi connectivity index (χ1v) is 7.85. The normalized spacial score (nSPS) is 11.1. The molecule has 1 amide bonds. The van der Waals surface area contributed by atoms with Gasteiger partial charge in [0.05, 0.1) is 4.90 Å². The fourth-order valence-corrected chi connectivity index (χ4v) is 2.88. The van der Waals surface area contributed by atoms with Crippen LogP contribution in [0.25, 0.3) is 0 Å². The van der Waals surface area contributed by atoms with Gasteiger partial charge >= 0.3 is 0 Å². The molecule has 0 aliphatic carbocycles. The van der Waals surface area contributed by atoms with Crippen LogP contribution < -0.4 is 10.5 Å². The lowest BCUT2D eigenvalue weighted by molar-refractivity contribution is 0.0981. The van der Waals surface area contributed by atoms with E-state index in [1.54, 1.807) is 18.2 Å². The SMILES string of the molecule is Nc1ccc(C(=O)NS(=O)(=O)c2ccccc2)cc1Br. The third-order valence-electron chi connectivity index (χ3n) is 2.54. The van der Waals surface area contributed by atoms with Gasteiger partial charge in [-0.25, -0.2) is 13.1 Å². The highest BCUT2D eigenvalue weighted by molar-refractivity contribution is 9.10. The molecule has 0 saturated heterocycles. The Balaban J connectivity index is 2.25. The molecule has 104 valence electrons. The third-order valence-corrected chi connectivity index (χ3v) is 4.58. The molecule has 2 aromatic carbocycles. The summed E-state index contributed by atoms with van der Waals surface area (Å²) in [5, 5.41) is 0. The van der Waals surface area contributed by atoms with Crippen molar-refractivity contribution in [2.45, 2.75) is 4.90 Å². The van der Waals surface area contributed by atoms with Crippen LogP contribution in [0.1, 0.15) is 10.4 Å². The van der Waals surface area contributed by atoms with Crippen molar-refractivity contribution in [1.29, 1.82) is 0 Å². The number of nitrogens with one attached hydrogen (secondary N) is 1. The predicted octanol–water partition coefficient (Wildman–Crippen LogP) is 2.15. The number of carbonyl (C=O) groups is 1. The minimum absolute atomic E-state index is 0.0304. The summed E-state index contributed by atoms with van der Waals surface area (Å²) in [6.45, 7) is 0. The average molecular weight is 355 g/mol. The molecule has 0 aromatic heterocycles. The van der Waals surface area contributed by atoms with Gasteiger partial charge < -0.3 is 5.73 Å². The first kappa shape index (κ1) is 14.5. The highest BCUT2D eigenvalue weighted by atomic mass is 79.9. The standard InChI is InChI=1S/C13H11BrN2O3S/c14-11-8-9(6-7-12(11)15)13(17)16-20(18,19)10-4-2-1-3-5-10/h1-8H,15H2,(H,16,17). The summed E-state index contributed by atoms with van der Waals surface area (Å²) in [6, 6.07) is 12.1. The van der Waals surface area contributed by atoms with Gasteiger partial charge in [-0.15, -0.1) is 0 Å². The van der Waals surface area contributed by atoms with Crippen LogP contribution in [0.5, 0.6) is 0 Å². The molecule has 0 aliphatic heterocycles. The second-order valence-corrected chi connectivity index (χ2v) is 6.52. The number of rotatable bonds is 3. The quantitative estimate of drug-likeness (QED) is 0.826. The van der Waals surface area contributed by atoms with E-state index >= 15 is 0 Å². The van der Waals surface area contributed by atoms with Crippen molar-refractivity contribution in [3.05, 3.63) is 58.6 Å². The molecule has 5 nitrogen and oxygen atoms in total. The number of amides is 1. The van der Waals surface area contributed by atoms with Gasteiger partial charge in [0.25, 0.3) is 15.9 Å². The number of nitrogen functional groups attached to an aromatic ring is 1. The molecule has 0 radical (unpaired) electrons. The van der Waals surface area contributed by atoms with Gasteiger partial charge in [-0.2, -0.15) is 0 Å². The highest BCUT2D eigenvalue weighted by Gasteiger charge is 2.18. The molecule has 2 rings (SSSR count). The molecule has 0 atom stereocenters. The van der Waals surface area contributed by atoms with E-state index in [2.05, 4.69) is 15.9 Å². The van der Waals surface area contributed by atoms with Crippen molar-refractivity contribution in [2.24, 2.45) is 0 Å². The van der Waals surface area contributed by atoms with Gasteiger partial charge in [-0.1, -0.05) is 18.2 Å². The van der Waals surface area contributed by atoms with E-state index in [1.807, 2.05) is 4.72 Å². The van der Waals surface area contributed by atoms with Crippen molar-refractivity contribution >= 4 is 37.5 Å². The number of sulfonamides is 1. The largest absolute Gasteiger partial charge is 0.398 e. The van der Waals surface area contributed by atoms with Crippen molar-refractivity contribution in [2.75, 3.05) is 5.73 Å². The summed E-state index contributed by atoms with van der Waals surface area (Å²) in [7, 11) is -3.88. The number of carbonyl (C=O) groups excluding carboxylic acids is 1. The van der Waals surface area contributed by atoms with Crippen LogP contribution >= 0.6 is 15.9 Å². The van der Waals surface area contributed by atoms with E-state index in [-0.39, 0.29) is 10.5 Å². The van der Waals surface area contributed by atoms with Crippen molar-refractivity contribution in [3.8, 4) is 0 Å². The maximum Gasteiger partial charge on any atom is 0.265 e. The fourth-order valence-electron chi connectivity index (χ4n) is 1.51. The Hall–Kier alpha value is -1.86. The number of nitrogens with two attached hydrogens (primary N) is 1. The molecule has 0 saturated carbocycles. The van der Waals surface area contributed by atoms with E-state index < -0.39 is 15.9 Å². The Morgan fingerprint density at radius 3 is 2.35 bits per heavy atom. The minimum atomic E-state index is -3.88. The first-order chi connectivity index (χ1) is 9.40. The zero-order valence-corrected chi connectivity index (χ0v) is 12.6. The summed E-state index contributed by atoms with van der Waals surface area (Å²) in [5.74, 6) is -0.713. The van der Waals surface area contributed by atoms with Gasteiger partial charge in [0.2, 0.25) is 0 Å². The third kappa shape index (κ3) is 3.17. The highest BCUT2D eigenvalue weighted by Crippen LogP contribution is 2.20. The van der Waals surface area contributed by atoms with Crippen molar-refractivity contribution in [1.82, 2.24) is 4.72 Å². The van der Waals surface area contributed by atoms with Gasteiger partial charge in [0, 0.05) is 15.7 Å². The Bertz CT molecular complexity index is 745. The molecule has 0 bridgehead atoms. The van der Waals surface area contributed by atoms with Crippen LogP contribution in [-0.4, -0.2) is 14.3 Å². The molecule has 2 aromatic rings. The summed E-state index contributed by atoms with van der Waals surface area (Å²) in [5.41, 5.74) is 6.28. The second-order valence-electron chi connectivity index (χ2n) is 3.98. The van der Waals surface area contributed by atoms with Crippen LogP contribution in [0.15, 0.2) is 57.9 Å². The Morgan fingerprint density at radius 1 is 1.10 bits per heavy atom. The zero-order chi connectivity index (χ0) is 14.8. The lowest BCUT2D eigenvalue weighted by atomic mass is 10.2. The van der Waals surface area contributed by atoms with Crippen LogP contribution in [0.4, 0.5) is 5.69 Å². The maximum atomic E-state index is 12.0. The number of anilines is 1. The van der Waals surface area contributed by atoms with Crippen molar-refractivity contribution < 1.29 is 13.2 Å². The minimum Gasteiger partial charge on any atom is -0.398 e. The topological polar surface area (TPSA) is 89.3 Å². The Morgan fingerprint density at radius 2 is 1.75 bits per heavy atom. The molecule has 0 spiro atoms. The van der Waals surface area contributed by atoms with Gasteiger partial charge in [-0.3, -0.25) is 4.79 Å². The average Bonchev–Trinajstić information content (AvgIpc) is 2.42. The van der Waals surface area contributed by atoms with Gasteiger partial charge in [0.15, 0.2) is 0 Å². The molecule has 0 heterocycles. The van der Waals surface area contributed by atoms with E-state index in [0.717, 1.165) is 0 Å². The zero-order valence-electron chi connectivity index (χ0n) is 10.2. The lowest BCUT2D eigenvalue weighted by Crippen LogP contribution is -2.30. The summed E-state index contributed by atoms with van der Waals surface area (Å²) in [6.07, 6.45) is 0. The number of halogens is 1. The summed E-state index contributed by atoms with van der Waals surface area (Å²) >= 11 is 3.18. The van der Waals surface area contributed by atoms with E-state index in [1.165, 1.54) is 30.3 Å². The van der Waals surface area contributed by atoms with Crippen LogP contribution in [-0.2, 0) is 10.0 Å². The van der Waals surface area contributed by atoms with Crippen LogP contribution in [0.2, 0.25) is 0 Å². The van der Waals surface area contributed by atoms with Crippen LogP contribution in [0, 0.1) is 0 Å².